The number of aliphatic imine (C=N–C) groups is 1. The van der Waals surface area contributed by atoms with Crippen molar-refractivity contribution in [1.29, 1.82) is 5.26 Å². The Labute approximate surface area is 162 Å². The van der Waals surface area contributed by atoms with Crippen LogP contribution >= 0.6 is 0 Å². The molecule has 2 aliphatic rings. The molecule has 1 unspecified atom stereocenters. The highest BCUT2D eigenvalue weighted by Crippen LogP contribution is 2.32. The molecule has 0 fully saturated rings. The molecule has 0 saturated heterocycles. The lowest BCUT2D eigenvalue weighted by atomic mass is 9.89. The Bertz CT molecular complexity index is 1040. The fourth-order valence-corrected chi connectivity index (χ4v) is 3.40. The van der Waals surface area contributed by atoms with Crippen molar-refractivity contribution in [3.63, 3.8) is 0 Å². The zero-order chi connectivity index (χ0) is 19.6. The van der Waals surface area contributed by atoms with E-state index in [1.54, 1.807) is 36.4 Å². The summed E-state index contributed by atoms with van der Waals surface area (Å²) in [5.41, 5.74) is 1.14. The largest absolute Gasteiger partial charge is 0.382 e. The molecular formula is C21H17N5O2. The first kappa shape index (κ1) is 17.5. The first-order valence-corrected chi connectivity index (χ1v) is 8.83. The maximum Gasteiger partial charge on any atom is 0.328 e. The van der Waals surface area contributed by atoms with E-state index in [0.29, 0.717) is 29.9 Å². The van der Waals surface area contributed by atoms with Gasteiger partial charge in [-0.15, -0.1) is 0 Å². The van der Waals surface area contributed by atoms with Crippen molar-refractivity contribution >= 4 is 29.5 Å². The van der Waals surface area contributed by atoms with E-state index in [4.69, 9.17) is 5.26 Å². The summed E-state index contributed by atoms with van der Waals surface area (Å²) in [5.74, 6) is -0.561. The van der Waals surface area contributed by atoms with Crippen molar-refractivity contribution in [1.82, 2.24) is 5.32 Å². The van der Waals surface area contributed by atoms with Crippen molar-refractivity contribution in [3.05, 3.63) is 71.8 Å². The monoisotopic (exact) mass is 371 g/mol. The van der Waals surface area contributed by atoms with Crippen molar-refractivity contribution in [3.8, 4) is 6.07 Å². The number of amides is 3. The van der Waals surface area contributed by atoms with Gasteiger partial charge in [0.25, 0.3) is 5.91 Å². The number of imide groups is 1. The number of carbonyl (C=O) groups excluding carboxylic acids is 2. The number of nitriles is 1. The molecule has 2 aliphatic heterocycles. The number of rotatable bonds is 2. The summed E-state index contributed by atoms with van der Waals surface area (Å²) in [6.07, 6.45) is 4.80. The predicted molar refractivity (Wildman–Crippen MR) is 106 cm³/mol. The molecule has 7 nitrogen and oxygen atoms in total. The molecule has 28 heavy (non-hydrogen) atoms. The Morgan fingerprint density at radius 3 is 2.86 bits per heavy atom. The van der Waals surface area contributed by atoms with Gasteiger partial charge in [-0.25, -0.2) is 4.79 Å². The number of fused-ring (bicyclic) bond motifs is 1. The quantitative estimate of drug-likeness (QED) is 0.848. The molecule has 2 N–H and O–H groups in total. The van der Waals surface area contributed by atoms with Crippen LogP contribution in [-0.2, 0) is 10.3 Å². The van der Waals surface area contributed by atoms with Crippen LogP contribution < -0.4 is 15.5 Å². The zero-order valence-electron chi connectivity index (χ0n) is 14.9. The number of nitrogens with zero attached hydrogens (tertiary/aromatic N) is 3. The minimum absolute atomic E-state index is 0.419. The SMILES string of the molecule is N#Cc1cccc(C2(C(=O)NC(=O)N3CCNc4ccccc43)C=CC=N2)c1. The Morgan fingerprint density at radius 1 is 1.21 bits per heavy atom. The third kappa shape index (κ3) is 2.91. The standard InChI is InChI=1S/C21H17N5O2/c22-14-15-5-3-6-16(13-15)21(9-4-10-24-21)19(27)25-20(28)26-12-11-23-17-7-1-2-8-18(17)26/h1-10,13,23H,11-12H2,(H,25,27,28). The van der Waals surface area contributed by atoms with Crippen molar-refractivity contribution < 1.29 is 9.59 Å². The minimum Gasteiger partial charge on any atom is -0.382 e. The van der Waals surface area contributed by atoms with Crippen LogP contribution in [0.3, 0.4) is 0 Å². The molecule has 2 aromatic carbocycles. The number of benzene rings is 2. The molecule has 7 heteroatoms. The van der Waals surface area contributed by atoms with Gasteiger partial charge in [0.05, 0.1) is 23.0 Å². The molecule has 0 bridgehead atoms. The Balaban J connectivity index is 1.62. The smallest absolute Gasteiger partial charge is 0.328 e. The molecule has 2 aromatic rings. The minimum atomic E-state index is -1.37. The highest BCUT2D eigenvalue weighted by Gasteiger charge is 2.40. The first-order valence-electron chi connectivity index (χ1n) is 8.83. The van der Waals surface area contributed by atoms with Crippen LogP contribution in [0.25, 0.3) is 0 Å². The van der Waals surface area contributed by atoms with Crippen LogP contribution in [0, 0.1) is 11.3 Å². The molecule has 1 atom stereocenters. The number of anilines is 2. The average molecular weight is 371 g/mol. The Morgan fingerprint density at radius 2 is 2.07 bits per heavy atom. The lowest BCUT2D eigenvalue weighted by Crippen LogP contribution is -2.51. The van der Waals surface area contributed by atoms with Gasteiger partial charge >= 0.3 is 6.03 Å². The summed E-state index contributed by atoms with van der Waals surface area (Å²) in [4.78, 5) is 31.8. The average Bonchev–Trinajstić information content (AvgIpc) is 3.24. The van der Waals surface area contributed by atoms with E-state index < -0.39 is 17.5 Å². The highest BCUT2D eigenvalue weighted by atomic mass is 16.2. The third-order valence-corrected chi connectivity index (χ3v) is 4.79. The van der Waals surface area contributed by atoms with E-state index >= 15 is 0 Å². The van der Waals surface area contributed by atoms with E-state index in [2.05, 4.69) is 21.7 Å². The molecule has 2 heterocycles. The number of allylic oxidation sites excluding steroid dienone is 1. The van der Waals surface area contributed by atoms with Crippen LogP contribution in [0.15, 0.2) is 65.7 Å². The normalized spacial score (nSPS) is 19.5. The van der Waals surface area contributed by atoms with Crippen molar-refractivity contribution in [2.45, 2.75) is 5.54 Å². The summed E-state index contributed by atoms with van der Waals surface area (Å²) in [7, 11) is 0. The van der Waals surface area contributed by atoms with E-state index in [0.717, 1.165) is 5.69 Å². The maximum atomic E-state index is 13.1. The topological polar surface area (TPSA) is 97.6 Å². The molecule has 0 spiro atoms. The number of hydrogen-bond acceptors (Lipinski definition) is 5. The molecule has 138 valence electrons. The second kappa shape index (κ2) is 7.00. The predicted octanol–water partition coefficient (Wildman–Crippen LogP) is 2.56. The molecule has 0 aromatic heterocycles. The van der Waals surface area contributed by atoms with Gasteiger partial charge < -0.3 is 5.32 Å². The van der Waals surface area contributed by atoms with Crippen LogP contribution in [-0.4, -0.2) is 31.2 Å². The summed E-state index contributed by atoms with van der Waals surface area (Å²) in [6, 6.07) is 15.7. The number of carbonyl (C=O) groups is 2. The van der Waals surface area contributed by atoms with Gasteiger partial charge in [0.2, 0.25) is 0 Å². The zero-order valence-corrected chi connectivity index (χ0v) is 14.9. The summed E-state index contributed by atoms with van der Waals surface area (Å²) in [5, 5.41) is 14.9. The lowest BCUT2D eigenvalue weighted by Gasteiger charge is -2.31. The fraction of sp³-hybridized carbons (Fsp3) is 0.143. The van der Waals surface area contributed by atoms with E-state index in [-0.39, 0.29) is 0 Å². The first-order chi connectivity index (χ1) is 13.6. The molecule has 4 rings (SSSR count). The highest BCUT2D eigenvalue weighted by molar-refractivity contribution is 6.09. The summed E-state index contributed by atoms with van der Waals surface area (Å²) in [6.45, 7) is 1.03. The fourth-order valence-electron chi connectivity index (χ4n) is 3.40. The molecular weight excluding hydrogens is 354 g/mol. The van der Waals surface area contributed by atoms with Gasteiger partial charge in [-0.3, -0.25) is 20.0 Å². The second-order valence-electron chi connectivity index (χ2n) is 6.45. The lowest BCUT2D eigenvalue weighted by molar-refractivity contribution is -0.123. The van der Waals surface area contributed by atoms with Crippen molar-refractivity contribution in [2.24, 2.45) is 4.99 Å². The van der Waals surface area contributed by atoms with Crippen LogP contribution in [0.4, 0.5) is 16.2 Å². The third-order valence-electron chi connectivity index (χ3n) is 4.79. The van der Waals surface area contributed by atoms with Crippen LogP contribution in [0.2, 0.25) is 0 Å². The maximum absolute atomic E-state index is 13.1. The van der Waals surface area contributed by atoms with Gasteiger partial charge in [-0.2, -0.15) is 5.26 Å². The number of hydrogen-bond donors (Lipinski definition) is 2. The van der Waals surface area contributed by atoms with Crippen LogP contribution in [0.5, 0.6) is 0 Å². The summed E-state index contributed by atoms with van der Waals surface area (Å²) >= 11 is 0. The molecule has 3 amide bonds. The van der Waals surface area contributed by atoms with Gasteiger partial charge in [0, 0.05) is 19.3 Å². The van der Waals surface area contributed by atoms with Crippen LogP contribution in [0.1, 0.15) is 11.1 Å². The van der Waals surface area contributed by atoms with Gasteiger partial charge in [0.1, 0.15) is 0 Å². The molecule has 0 saturated carbocycles. The second-order valence-corrected chi connectivity index (χ2v) is 6.45. The number of urea groups is 1. The van der Waals surface area contributed by atoms with Gasteiger partial charge in [0.15, 0.2) is 5.54 Å². The van der Waals surface area contributed by atoms with E-state index in [9.17, 15) is 9.59 Å². The number of para-hydroxylation sites is 2. The van der Waals surface area contributed by atoms with Gasteiger partial charge in [-0.1, -0.05) is 24.3 Å². The Hall–Kier alpha value is -3.92. The van der Waals surface area contributed by atoms with E-state index in [1.807, 2.05) is 24.3 Å². The van der Waals surface area contributed by atoms with E-state index in [1.165, 1.54) is 11.1 Å². The van der Waals surface area contributed by atoms with Crippen molar-refractivity contribution in [2.75, 3.05) is 23.3 Å². The van der Waals surface area contributed by atoms with Gasteiger partial charge in [-0.05, 0) is 42.0 Å². The number of nitrogens with one attached hydrogen (secondary N) is 2. The Kier molecular flexibility index (Phi) is 4.38. The molecule has 0 radical (unpaired) electrons. The summed E-state index contributed by atoms with van der Waals surface area (Å²) < 4.78 is 0. The molecule has 0 aliphatic carbocycles.